The Balaban J connectivity index is 1.90. The molecule has 0 bridgehead atoms. The van der Waals surface area contributed by atoms with Crippen LogP contribution in [0.2, 0.25) is 0 Å². The Morgan fingerprint density at radius 3 is 2.35 bits per heavy atom. The molecule has 168 valence electrons. The zero-order valence-corrected chi connectivity index (χ0v) is 19.4. The Hall–Kier alpha value is -2.94. The van der Waals surface area contributed by atoms with E-state index in [0.29, 0.717) is 28.6 Å². The third kappa shape index (κ3) is 4.87. The number of ether oxygens (including phenoxy) is 3. The number of nitrogens with one attached hydrogen (secondary N) is 1. The molecule has 0 fully saturated rings. The predicted molar refractivity (Wildman–Crippen MR) is 120 cm³/mol. The van der Waals surface area contributed by atoms with Crippen LogP contribution in [0, 0.1) is 0 Å². The van der Waals surface area contributed by atoms with E-state index in [1.165, 1.54) is 18.5 Å². The van der Waals surface area contributed by atoms with Crippen molar-refractivity contribution in [1.82, 2.24) is 0 Å². The van der Waals surface area contributed by atoms with Crippen LogP contribution >= 0.6 is 0 Å². The first-order chi connectivity index (χ1) is 14.4. The van der Waals surface area contributed by atoms with E-state index in [0.717, 1.165) is 11.8 Å². The van der Waals surface area contributed by atoms with Crippen LogP contribution in [0.5, 0.6) is 17.2 Å². The standard InChI is InChI=1S/C22H28N2O6S/c1-22(2,3)14-7-9-17-16(11-14)24(31(6,26)27)13-20(30-17)21(25)23-15-8-10-18(28-4)19(12-15)29-5/h7-12,20H,13H2,1-6H3,(H,23,25)/t20-/m0/s1. The lowest BCUT2D eigenvalue weighted by Crippen LogP contribution is -2.48. The van der Waals surface area contributed by atoms with Crippen LogP contribution in [-0.2, 0) is 20.2 Å². The lowest BCUT2D eigenvalue weighted by molar-refractivity contribution is -0.122. The average Bonchev–Trinajstić information content (AvgIpc) is 2.70. The molecule has 9 heteroatoms. The quantitative estimate of drug-likeness (QED) is 0.755. The summed E-state index contributed by atoms with van der Waals surface area (Å²) < 4.78 is 42.6. The van der Waals surface area contributed by atoms with Gasteiger partial charge in [0.1, 0.15) is 5.75 Å². The summed E-state index contributed by atoms with van der Waals surface area (Å²) in [6.07, 6.45) is 0.102. The van der Waals surface area contributed by atoms with Gasteiger partial charge in [0.15, 0.2) is 17.6 Å². The highest BCUT2D eigenvalue weighted by molar-refractivity contribution is 7.92. The van der Waals surface area contributed by atoms with Crippen molar-refractivity contribution in [3.05, 3.63) is 42.0 Å². The van der Waals surface area contributed by atoms with E-state index in [1.54, 1.807) is 30.3 Å². The maximum Gasteiger partial charge on any atom is 0.267 e. The molecule has 0 saturated carbocycles. The maximum atomic E-state index is 12.9. The first-order valence-corrected chi connectivity index (χ1v) is 11.6. The molecule has 31 heavy (non-hydrogen) atoms. The molecule has 2 aromatic rings. The normalized spacial score (nSPS) is 16.2. The second-order valence-corrected chi connectivity index (χ2v) is 10.3. The van der Waals surface area contributed by atoms with Gasteiger partial charge in [-0.15, -0.1) is 0 Å². The van der Waals surface area contributed by atoms with Gasteiger partial charge in [0, 0.05) is 11.8 Å². The van der Waals surface area contributed by atoms with E-state index >= 15 is 0 Å². The van der Waals surface area contributed by atoms with Gasteiger partial charge in [0.2, 0.25) is 10.0 Å². The van der Waals surface area contributed by atoms with Crippen LogP contribution in [0.1, 0.15) is 26.3 Å². The van der Waals surface area contributed by atoms with Crippen LogP contribution in [0.25, 0.3) is 0 Å². The van der Waals surface area contributed by atoms with Gasteiger partial charge in [-0.25, -0.2) is 8.42 Å². The third-order valence-corrected chi connectivity index (χ3v) is 6.18. The van der Waals surface area contributed by atoms with Gasteiger partial charge in [-0.05, 0) is 35.2 Å². The van der Waals surface area contributed by atoms with Crippen molar-refractivity contribution in [2.45, 2.75) is 32.3 Å². The summed E-state index contributed by atoms with van der Waals surface area (Å²) in [6.45, 7) is 6.01. The fraction of sp³-hybridized carbons (Fsp3) is 0.409. The van der Waals surface area contributed by atoms with Crippen molar-refractivity contribution in [3.8, 4) is 17.2 Å². The smallest absolute Gasteiger partial charge is 0.267 e. The fourth-order valence-electron chi connectivity index (χ4n) is 3.31. The number of hydrogen-bond acceptors (Lipinski definition) is 6. The van der Waals surface area contributed by atoms with Gasteiger partial charge < -0.3 is 19.5 Å². The predicted octanol–water partition coefficient (Wildman–Crippen LogP) is 3.17. The van der Waals surface area contributed by atoms with Crippen LogP contribution in [0.3, 0.4) is 0 Å². The summed E-state index contributed by atoms with van der Waals surface area (Å²) in [5, 5.41) is 2.76. The minimum absolute atomic E-state index is 0.126. The highest BCUT2D eigenvalue weighted by Gasteiger charge is 2.36. The van der Waals surface area contributed by atoms with Gasteiger partial charge in [0.25, 0.3) is 5.91 Å². The highest BCUT2D eigenvalue weighted by Crippen LogP contribution is 2.39. The van der Waals surface area contributed by atoms with E-state index in [9.17, 15) is 13.2 Å². The number of hydrogen-bond donors (Lipinski definition) is 1. The van der Waals surface area contributed by atoms with Crippen molar-refractivity contribution >= 4 is 27.3 Å². The minimum Gasteiger partial charge on any atom is -0.493 e. The molecule has 0 aromatic heterocycles. The largest absolute Gasteiger partial charge is 0.493 e. The molecule has 2 aromatic carbocycles. The van der Waals surface area contributed by atoms with Crippen molar-refractivity contribution in [2.75, 3.05) is 36.6 Å². The first kappa shape index (κ1) is 22.7. The number of carbonyl (C=O) groups excluding carboxylic acids is 1. The number of methoxy groups -OCH3 is 2. The van der Waals surface area contributed by atoms with Gasteiger partial charge in [0.05, 0.1) is 32.7 Å². The van der Waals surface area contributed by atoms with E-state index in [2.05, 4.69) is 5.32 Å². The third-order valence-electron chi connectivity index (χ3n) is 5.04. The van der Waals surface area contributed by atoms with Gasteiger partial charge in [-0.3, -0.25) is 9.10 Å². The summed E-state index contributed by atoms with van der Waals surface area (Å²) in [6, 6.07) is 10.4. The Morgan fingerprint density at radius 1 is 1.10 bits per heavy atom. The van der Waals surface area contributed by atoms with E-state index in [1.807, 2.05) is 26.8 Å². The molecular weight excluding hydrogens is 420 g/mol. The molecule has 0 radical (unpaired) electrons. The zero-order chi connectivity index (χ0) is 23.0. The Morgan fingerprint density at radius 2 is 1.77 bits per heavy atom. The van der Waals surface area contributed by atoms with E-state index in [-0.39, 0.29) is 12.0 Å². The number of sulfonamides is 1. The number of fused-ring (bicyclic) bond motifs is 1. The minimum atomic E-state index is -3.62. The number of benzene rings is 2. The van der Waals surface area contributed by atoms with Crippen LogP contribution in [-0.4, -0.2) is 47.4 Å². The molecule has 1 aliphatic rings. The van der Waals surface area contributed by atoms with Crippen LogP contribution in [0.15, 0.2) is 36.4 Å². The summed E-state index contributed by atoms with van der Waals surface area (Å²) in [7, 11) is -0.601. The number of carbonyl (C=O) groups is 1. The second-order valence-electron chi connectivity index (χ2n) is 8.39. The molecule has 0 aliphatic carbocycles. The van der Waals surface area contributed by atoms with Gasteiger partial charge in [-0.1, -0.05) is 26.8 Å². The molecule has 1 N–H and O–H groups in total. The van der Waals surface area contributed by atoms with Crippen molar-refractivity contribution in [2.24, 2.45) is 0 Å². The molecule has 1 heterocycles. The molecule has 0 spiro atoms. The van der Waals surface area contributed by atoms with Gasteiger partial charge >= 0.3 is 0 Å². The molecule has 8 nitrogen and oxygen atoms in total. The lowest BCUT2D eigenvalue weighted by Gasteiger charge is -2.35. The van der Waals surface area contributed by atoms with Crippen molar-refractivity contribution in [1.29, 1.82) is 0 Å². The molecule has 3 rings (SSSR count). The molecule has 0 saturated heterocycles. The Bertz CT molecular complexity index is 1090. The lowest BCUT2D eigenvalue weighted by atomic mass is 9.86. The van der Waals surface area contributed by atoms with E-state index in [4.69, 9.17) is 14.2 Å². The number of rotatable bonds is 5. The summed E-state index contributed by atoms with van der Waals surface area (Å²) in [4.78, 5) is 12.9. The van der Waals surface area contributed by atoms with E-state index < -0.39 is 22.0 Å². The van der Waals surface area contributed by atoms with Crippen molar-refractivity contribution in [3.63, 3.8) is 0 Å². The summed E-state index contributed by atoms with van der Waals surface area (Å²) in [5.41, 5.74) is 1.72. The van der Waals surface area contributed by atoms with Crippen LogP contribution in [0.4, 0.5) is 11.4 Å². The highest BCUT2D eigenvalue weighted by atomic mass is 32.2. The van der Waals surface area contributed by atoms with Crippen molar-refractivity contribution < 1.29 is 27.4 Å². The molecular formula is C22H28N2O6S. The number of nitrogens with zero attached hydrogens (tertiary/aromatic N) is 1. The maximum absolute atomic E-state index is 12.9. The number of amides is 1. The van der Waals surface area contributed by atoms with Crippen LogP contribution < -0.4 is 23.8 Å². The monoisotopic (exact) mass is 448 g/mol. The first-order valence-electron chi connectivity index (χ1n) is 9.76. The average molecular weight is 449 g/mol. The summed E-state index contributed by atoms with van der Waals surface area (Å²) in [5.74, 6) is 0.868. The summed E-state index contributed by atoms with van der Waals surface area (Å²) >= 11 is 0. The molecule has 1 aliphatic heterocycles. The SMILES string of the molecule is COc1ccc(NC(=O)[C@@H]2CN(S(C)(=O)=O)c3cc(C(C)(C)C)ccc3O2)cc1OC. The number of anilines is 2. The zero-order valence-electron chi connectivity index (χ0n) is 18.6. The molecule has 1 amide bonds. The Labute approximate surface area is 183 Å². The Kier molecular flexibility index (Phi) is 6.09. The second kappa shape index (κ2) is 8.30. The fourth-order valence-corrected chi connectivity index (χ4v) is 4.21. The molecule has 1 atom stereocenters. The van der Waals surface area contributed by atoms with Gasteiger partial charge in [-0.2, -0.15) is 0 Å². The topological polar surface area (TPSA) is 94.2 Å². The molecule has 0 unspecified atom stereocenters.